The number of hydrogen-bond donors (Lipinski definition) is 0. The highest BCUT2D eigenvalue weighted by Gasteiger charge is 2.22. The maximum Gasteiger partial charge on any atom is 0.0257 e. The average molecular weight is 321 g/mol. The van der Waals surface area contributed by atoms with Gasteiger partial charge in [0.05, 0.1) is 0 Å². The minimum atomic E-state index is 1.02. The van der Waals surface area contributed by atoms with E-state index in [1.165, 1.54) is 37.9 Å². The molecule has 0 heterocycles. The first kappa shape index (κ1) is 11.9. The maximum atomic E-state index is 3.73. The summed E-state index contributed by atoms with van der Waals surface area (Å²) in [7, 11) is 0. The van der Waals surface area contributed by atoms with Crippen LogP contribution in [0.3, 0.4) is 0 Å². The standard InChI is InChI=1S/C19H13Br/c20-18-11-10-16-15-9-5-4-8-14(15)12-17(16)19(18)13-6-2-1-3-7-13/h1-11H,12H2. The van der Waals surface area contributed by atoms with E-state index < -0.39 is 0 Å². The number of fused-ring (bicyclic) bond motifs is 3. The molecule has 0 aliphatic heterocycles. The van der Waals surface area contributed by atoms with Crippen LogP contribution in [0.2, 0.25) is 0 Å². The Bertz CT molecular complexity index is 788. The minimum absolute atomic E-state index is 1.02. The minimum Gasteiger partial charge on any atom is -0.0622 e. The third-order valence-electron chi connectivity index (χ3n) is 4.00. The molecule has 0 spiro atoms. The molecule has 1 heteroatoms. The molecule has 0 amide bonds. The fraction of sp³-hybridized carbons (Fsp3) is 0.0526. The van der Waals surface area contributed by atoms with Crippen LogP contribution >= 0.6 is 15.9 Å². The Kier molecular flexibility index (Phi) is 2.75. The molecule has 1 aliphatic carbocycles. The zero-order valence-electron chi connectivity index (χ0n) is 10.9. The first-order valence-electron chi connectivity index (χ1n) is 6.79. The van der Waals surface area contributed by atoms with Gasteiger partial charge >= 0.3 is 0 Å². The largest absolute Gasteiger partial charge is 0.0622 e. The van der Waals surface area contributed by atoms with E-state index in [1.807, 2.05) is 0 Å². The van der Waals surface area contributed by atoms with Gasteiger partial charge in [-0.3, -0.25) is 0 Å². The van der Waals surface area contributed by atoms with E-state index in [0.29, 0.717) is 0 Å². The highest BCUT2D eigenvalue weighted by molar-refractivity contribution is 9.10. The lowest BCUT2D eigenvalue weighted by molar-refractivity contribution is 1.26. The van der Waals surface area contributed by atoms with Crippen molar-refractivity contribution in [3.63, 3.8) is 0 Å². The number of benzene rings is 3. The van der Waals surface area contributed by atoms with Crippen molar-refractivity contribution in [1.82, 2.24) is 0 Å². The van der Waals surface area contributed by atoms with Crippen molar-refractivity contribution < 1.29 is 0 Å². The van der Waals surface area contributed by atoms with E-state index in [2.05, 4.69) is 82.7 Å². The zero-order chi connectivity index (χ0) is 13.5. The van der Waals surface area contributed by atoms with E-state index in [0.717, 1.165) is 6.42 Å². The van der Waals surface area contributed by atoms with Crippen molar-refractivity contribution in [2.45, 2.75) is 6.42 Å². The SMILES string of the molecule is Brc1ccc2c(c1-c1ccccc1)Cc1ccccc1-2. The van der Waals surface area contributed by atoms with Gasteiger partial charge in [-0.15, -0.1) is 0 Å². The molecule has 0 bridgehead atoms. The van der Waals surface area contributed by atoms with E-state index in [-0.39, 0.29) is 0 Å². The van der Waals surface area contributed by atoms with Gasteiger partial charge in [0.2, 0.25) is 0 Å². The number of rotatable bonds is 1. The Labute approximate surface area is 127 Å². The van der Waals surface area contributed by atoms with Crippen molar-refractivity contribution in [1.29, 1.82) is 0 Å². The lowest BCUT2D eigenvalue weighted by Crippen LogP contribution is -1.89. The van der Waals surface area contributed by atoms with Gasteiger partial charge in [-0.25, -0.2) is 0 Å². The van der Waals surface area contributed by atoms with Crippen molar-refractivity contribution >= 4 is 15.9 Å². The zero-order valence-corrected chi connectivity index (χ0v) is 12.5. The Morgan fingerprint density at radius 3 is 2.30 bits per heavy atom. The van der Waals surface area contributed by atoms with Gasteiger partial charge in [0.15, 0.2) is 0 Å². The second kappa shape index (κ2) is 4.60. The Morgan fingerprint density at radius 2 is 1.45 bits per heavy atom. The summed E-state index contributed by atoms with van der Waals surface area (Å²) >= 11 is 3.73. The van der Waals surface area contributed by atoms with Crippen molar-refractivity contribution in [2.24, 2.45) is 0 Å². The number of hydrogen-bond acceptors (Lipinski definition) is 0. The highest BCUT2D eigenvalue weighted by Crippen LogP contribution is 2.44. The molecule has 4 rings (SSSR count). The van der Waals surface area contributed by atoms with Crippen LogP contribution in [0, 0.1) is 0 Å². The molecule has 0 atom stereocenters. The predicted molar refractivity (Wildman–Crippen MR) is 87.8 cm³/mol. The normalized spacial score (nSPS) is 12.1. The molecule has 96 valence electrons. The summed E-state index contributed by atoms with van der Waals surface area (Å²) in [6, 6.07) is 23.7. The fourth-order valence-corrected chi connectivity index (χ4v) is 3.70. The van der Waals surface area contributed by atoms with Crippen LogP contribution in [-0.4, -0.2) is 0 Å². The Morgan fingerprint density at radius 1 is 0.700 bits per heavy atom. The van der Waals surface area contributed by atoms with Crippen LogP contribution in [0.1, 0.15) is 11.1 Å². The summed E-state index contributed by atoms with van der Waals surface area (Å²) in [6.07, 6.45) is 1.02. The monoisotopic (exact) mass is 320 g/mol. The molecule has 0 aromatic heterocycles. The molecule has 0 nitrogen and oxygen atoms in total. The number of halogens is 1. The quantitative estimate of drug-likeness (QED) is 0.423. The molecular formula is C19H13Br. The lowest BCUT2D eigenvalue weighted by atomic mass is 9.96. The van der Waals surface area contributed by atoms with Gasteiger partial charge in [0.1, 0.15) is 0 Å². The topological polar surface area (TPSA) is 0 Å². The third kappa shape index (κ3) is 1.74. The molecule has 3 aromatic carbocycles. The summed E-state index contributed by atoms with van der Waals surface area (Å²) in [5.41, 5.74) is 8.24. The van der Waals surface area contributed by atoms with Gasteiger partial charge in [-0.2, -0.15) is 0 Å². The molecule has 0 radical (unpaired) electrons. The van der Waals surface area contributed by atoms with Gasteiger partial charge in [-0.05, 0) is 40.3 Å². The second-order valence-electron chi connectivity index (χ2n) is 5.15. The predicted octanol–water partition coefficient (Wildman–Crippen LogP) is 5.69. The molecule has 20 heavy (non-hydrogen) atoms. The molecule has 0 saturated heterocycles. The summed E-state index contributed by atoms with van der Waals surface area (Å²) in [4.78, 5) is 0. The first-order valence-corrected chi connectivity index (χ1v) is 7.59. The van der Waals surface area contributed by atoms with Crippen molar-refractivity contribution in [3.05, 3.63) is 82.3 Å². The van der Waals surface area contributed by atoms with Crippen LogP contribution < -0.4 is 0 Å². The highest BCUT2D eigenvalue weighted by atomic mass is 79.9. The van der Waals surface area contributed by atoms with Gasteiger partial charge in [0.25, 0.3) is 0 Å². The van der Waals surface area contributed by atoms with Crippen LogP contribution in [0.4, 0.5) is 0 Å². The van der Waals surface area contributed by atoms with Crippen LogP contribution in [0.15, 0.2) is 71.2 Å². The third-order valence-corrected chi connectivity index (χ3v) is 4.66. The molecule has 0 N–H and O–H groups in total. The maximum absolute atomic E-state index is 3.73. The molecule has 0 unspecified atom stereocenters. The molecule has 0 fully saturated rings. The van der Waals surface area contributed by atoms with Crippen LogP contribution in [0.25, 0.3) is 22.3 Å². The van der Waals surface area contributed by atoms with Gasteiger partial charge in [-0.1, -0.05) is 76.6 Å². The average Bonchev–Trinajstić information content (AvgIpc) is 2.86. The smallest absolute Gasteiger partial charge is 0.0257 e. The summed E-state index contributed by atoms with van der Waals surface area (Å²) < 4.78 is 1.18. The molecule has 3 aromatic rings. The summed E-state index contributed by atoms with van der Waals surface area (Å²) in [5, 5.41) is 0. The fourth-order valence-electron chi connectivity index (χ4n) is 3.10. The van der Waals surface area contributed by atoms with Crippen molar-refractivity contribution in [2.75, 3.05) is 0 Å². The molecule has 0 saturated carbocycles. The molecule has 1 aliphatic rings. The van der Waals surface area contributed by atoms with Crippen molar-refractivity contribution in [3.8, 4) is 22.3 Å². The van der Waals surface area contributed by atoms with Gasteiger partial charge < -0.3 is 0 Å². The summed E-state index contributed by atoms with van der Waals surface area (Å²) in [5.74, 6) is 0. The Balaban J connectivity index is 2.00. The van der Waals surface area contributed by atoms with Crippen LogP contribution in [-0.2, 0) is 6.42 Å². The lowest BCUT2D eigenvalue weighted by Gasteiger charge is -2.11. The second-order valence-corrected chi connectivity index (χ2v) is 6.00. The summed E-state index contributed by atoms with van der Waals surface area (Å²) in [6.45, 7) is 0. The van der Waals surface area contributed by atoms with E-state index in [1.54, 1.807) is 0 Å². The van der Waals surface area contributed by atoms with E-state index >= 15 is 0 Å². The van der Waals surface area contributed by atoms with E-state index in [4.69, 9.17) is 0 Å². The first-order chi connectivity index (χ1) is 9.84. The Hall–Kier alpha value is -1.86. The molecular weight excluding hydrogens is 308 g/mol. The van der Waals surface area contributed by atoms with Gasteiger partial charge in [0, 0.05) is 10.0 Å². The van der Waals surface area contributed by atoms with Crippen LogP contribution in [0.5, 0.6) is 0 Å². The van der Waals surface area contributed by atoms with E-state index in [9.17, 15) is 0 Å².